The number of aromatic nitrogens is 2. The van der Waals surface area contributed by atoms with Crippen molar-refractivity contribution in [2.24, 2.45) is 0 Å². The molecule has 3 heterocycles. The third-order valence-corrected chi connectivity index (χ3v) is 6.81. The lowest BCUT2D eigenvalue weighted by Crippen LogP contribution is -2.29. The average Bonchev–Trinajstić information content (AvgIpc) is 3.47. The van der Waals surface area contributed by atoms with Crippen LogP contribution in [0.1, 0.15) is 36.8 Å². The van der Waals surface area contributed by atoms with E-state index in [4.69, 9.17) is 0 Å². The number of hydrogen-bond donors (Lipinski definition) is 1. The predicted octanol–water partition coefficient (Wildman–Crippen LogP) is 5.41. The fraction of sp³-hybridized carbons (Fsp3) is 0.0357. The second-order valence-electron chi connectivity index (χ2n) is 8.33. The first-order valence-electron chi connectivity index (χ1n) is 11.2. The van der Waals surface area contributed by atoms with E-state index in [0.717, 1.165) is 26.9 Å². The van der Waals surface area contributed by atoms with Crippen LogP contribution in [0.15, 0.2) is 90.4 Å². The summed E-state index contributed by atoms with van der Waals surface area (Å²) in [6.45, 7) is 0.0748. The van der Waals surface area contributed by atoms with Crippen molar-refractivity contribution >= 4 is 45.0 Å². The third kappa shape index (κ3) is 3.93. The van der Waals surface area contributed by atoms with Crippen LogP contribution >= 0.6 is 11.3 Å². The number of benzene rings is 3. The molecule has 3 amide bonds. The first-order chi connectivity index (χ1) is 17.6. The van der Waals surface area contributed by atoms with Crippen molar-refractivity contribution in [3.05, 3.63) is 113 Å². The van der Waals surface area contributed by atoms with Gasteiger partial charge in [0.05, 0.1) is 29.1 Å². The average molecular weight is 491 g/mol. The predicted molar refractivity (Wildman–Crippen MR) is 138 cm³/mol. The summed E-state index contributed by atoms with van der Waals surface area (Å²) in [5.74, 6) is -1.24. The summed E-state index contributed by atoms with van der Waals surface area (Å²) in [5, 5.41) is 7.40. The second kappa shape index (κ2) is 8.83. The minimum Gasteiger partial charge on any atom is -0.298 e. The van der Waals surface area contributed by atoms with Crippen molar-refractivity contribution < 1.29 is 14.4 Å². The summed E-state index contributed by atoms with van der Waals surface area (Å²) in [6, 6.07) is 24.0. The van der Waals surface area contributed by atoms with Crippen LogP contribution in [0.2, 0.25) is 0 Å². The summed E-state index contributed by atoms with van der Waals surface area (Å²) >= 11 is 1.32. The van der Waals surface area contributed by atoms with Gasteiger partial charge in [0.2, 0.25) is 0 Å². The number of thiazole rings is 1. The maximum absolute atomic E-state index is 12.9. The normalized spacial score (nSPS) is 12.7. The van der Waals surface area contributed by atoms with Crippen molar-refractivity contribution in [1.29, 1.82) is 0 Å². The number of fused-ring (bicyclic) bond motifs is 2. The molecule has 3 aromatic carbocycles. The van der Waals surface area contributed by atoms with E-state index < -0.39 is 17.7 Å². The molecule has 5 aromatic rings. The lowest BCUT2D eigenvalue weighted by atomic mass is 10.1. The van der Waals surface area contributed by atoms with Gasteiger partial charge in [0, 0.05) is 22.7 Å². The molecule has 1 N–H and O–H groups in total. The van der Waals surface area contributed by atoms with Gasteiger partial charge >= 0.3 is 0 Å². The number of imide groups is 1. The zero-order chi connectivity index (χ0) is 24.6. The maximum atomic E-state index is 12.9. The molecule has 0 bridgehead atoms. The number of anilines is 1. The van der Waals surface area contributed by atoms with Crippen molar-refractivity contribution in [2.75, 3.05) is 5.32 Å². The van der Waals surface area contributed by atoms with E-state index in [1.165, 1.54) is 23.5 Å². The monoisotopic (exact) mass is 490 g/mol. The van der Waals surface area contributed by atoms with Gasteiger partial charge in [-0.05, 0) is 47.2 Å². The van der Waals surface area contributed by atoms with Crippen LogP contribution < -0.4 is 5.32 Å². The molecule has 1 aliphatic heterocycles. The molecular weight excluding hydrogens is 472 g/mol. The van der Waals surface area contributed by atoms with Crippen LogP contribution in [-0.2, 0) is 6.54 Å². The quantitative estimate of drug-likeness (QED) is 0.333. The van der Waals surface area contributed by atoms with E-state index in [1.54, 1.807) is 30.5 Å². The number of nitrogens with zero attached hydrogens (tertiary/aromatic N) is 3. The molecule has 174 valence electrons. The Morgan fingerprint density at radius 3 is 2.50 bits per heavy atom. The molecule has 7 nitrogen and oxygen atoms in total. The Hall–Kier alpha value is -4.69. The van der Waals surface area contributed by atoms with Crippen molar-refractivity contribution in [1.82, 2.24) is 14.9 Å². The second-order valence-corrected chi connectivity index (χ2v) is 9.19. The highest BCUT2D eigenvalue weighted by Gasteiger charge is 2.36. The Morgan fingerprint density at radius 1 is 0.861 bits per heavy atom. The van der Waals surface area contributed by atoms with E-state index in [0.29, 0.717) is 10.8 Å². The number of carbonyl (C=O) groups is 3. The van der Waals surface area contributed by atoms with Crippen LogP contribution in [0.4, 0.5) is 5.13 Å². The Balaban J connectivity index is 1.20. The van der Waals surface area contributed by atoms with Gasteiger partial charge in [-0.2, -0.15) is 0 Å². The Kier molecular flexibility index (Phi) is 5.35. The Labute approximate surface area is 210 Å². The van der Waals surface area contributed by atoms with Crippen LogP contribution in [0.3, 0.4) is 0 Å². The highest BCUT2D eigenvalue weighted by Crippen LogP contribution is 2.29. The summed E-state index contributed by atoms with van der Waals surface area (Å²) in [6.07, 6.45) is 1.61. The minimum absolute atomic E-state index is 0.0748. The standard InChI is InChI=1S/C28H18N4O3S/c33-25(31-28-30-24(16-36-28)19-9-8-17-5-1-2-6-18(17)13-19)20-10-11-22-23(14-20)27(35)32(26(22)34)15-21-7-3-4-12-29-21/h1-14,16H,15H2,(H,30,31,33). The summed E-state index contributed by atoms with van der Waals surface area (Å²) < 4.78 is 0. The van der Waals surface area contributed by atoms with E-state index in [2.05, 4.69) is 27.4 Å². The van der Waals surface area contributed by atoms with Crippen LogP contribution in [0.5, 0.6) is 0 Å². The largest absolute Gasteiger partial charge is 0.298 e. The molecule has 6 rings (SSSR count). The molecule has 0 saturated carbocycles. The van der Waals surface area contributed by atoms with Crippen LogP contribution in [0, 0.1) is 0 Å². The molecule has 0 fully saturated rings. The molecule has 0 atom stereocenters. The van der Waals surface area contributed by atoms with Crippen LogP contribution in [-0.4, -0.2) is 32.6 Å². The molecule has 0 saturated heterocycles. The molecule has 8 heteroatoms. The van der Waals surface area contributed by atoms with E-state index in [1.807, 2.05) is 35.7 Å². The SMILES string of the molecule is O=C(Nc1nc(-c2ccc3ccccc3c2)cs1)c1ccc2c(c1)C(=O)N(Cc1ccccn1)C2=O. The van der Waals surface area contributed by atoms with E-state index in [-0.39, 0.29) is 23.2 Å². The first kappa shape index (κ1) is 21.8. The lowest BCUT2D eigenvalue weighted by molar-refractivity contribution is 0.0640. The first-order valence-corrected chi connectivity index (χ1v) is 12.1. The number of hydrogen-bond acceptors (Lipinski definition) is 6. The highest BCUT2D eigenvalue weighted by molar-refractivity contribution is 7.14. The van der Waals surface area contributed by atoms with Crippen molar-refractivity contribution in [3.8, 4) is 11.3 Å². The van der Waals surface area contributed by atoms with Crippen molar-refractivity contribution in [2.45, 2.75) is 6.54 Å². The fourth-order valence-electron chi connectivity index (χ4n) is 4.21. The molecule has 36 heavy (non-hydrogen) atoms. The number of nitrogens with one attached hydrogen (secondary N) is 1. The third-order valence-electron chi connectivity index (χ3n) is 6.05. The molecule has 0 spiro atoms. The number of pyridine rings is 1. The van der Waals surface area contributed by atoms with Gasteiger partial charge in [-0.3, -0.25) is 29.6 Å². The number of amides is 3. The van der Waals surface area contributed by atoms with Gasteiger partial charge in [0.1, 0.15) is 0 Å². The summed E-state index contributed by atoms with van der Waals surface area (Å²) in [5.41, 5.74) is 3.09. The fourth-order valence-corrected chi connectivity index (χ4v) is 4.93. The molecule has 0 radical (unpaired) electrons. The van der Waals surface area contributed by atoms with Crippen LogP contribution in [0.25, 0.3) is 22.0 Å². The van der Waals surface area contributed by atoms with Gasteiger partial charge in [-0.1, -0.05) is 42.5 Å². The number of rotatable bonds is 5. The van der Waals surface area contributed by atoms with Gasteiger partial charge in [0.15, 0.2) is 5.13 Å². The summed E-state index contributed by atoms with van der Waals surface area (Å²) in [7, 11) is 0. The van der Waals surface area contributed by atoms with Crippen molar-refractivity contribution in [3.63, 3.8) is 0 Å². The van der Waals surface area contributed by atoms with E-state index in [9.17, 15) is 14.4 Å². The van der Waals surface area contributed by atoms with E-state index >= 15 is 0 Å². The Morgan fingerprint density at radius 2 is 1.67 bits per heavy atom. The smallest absolute Gasteiger partial charge is 0.261 e. The highest BCUT2D eigenvalue weighted by atomic mass is 32.1. The molecule has 0 aliphatic carbocycles. The zero-order valence-electron chi connectivity index (χ0n) is 18.8. The van der Waals surface area contributed by atoms with Gasteiger partial charge in [-0.25, -0.2) is 4.98 Å². The molecule has 0 unspecified atom stereocenters. The zero-order valence-corrected chi connectivity index (χ0v) is 19.7. The van der Waals surface area contributed by atoms with Gasteiger partial charge in [-0.15, -0.1) is 11.3 Å². The Bertz CT molecular complexity index is 1660. The molecular formula is C28H18N4O3S. The maximum Gasteiger partial charge on any atom is 0.261 e. The van der Waals surface area contributed by atoms with Gasteiger partial charge in [0.25, 0.3) is 17.7 Å². The number of carbonyl (C=O) groups excluding carboxylic acids is 3. The topological polar surface area (TPSA) is 92.3 Å². The van der Waals surface area contributed by atoms with Gasteiger partial charge < -0.3 is 0 Å². The molecule has 1 aliphatic rings. The summed E-state index contributed by atoms with van der Waals surface area (Å²) in [4.78, 5) is 48.5. The molecule has 2 aromatic heterocycles. The lowest BCUT2D eigenvalue weighted by Gasteiger charge is -2.12. The minimum atomic E-state index is -0.442.